The van der Waals surface area contributed by atoms with Gasteiger partial charge >= 0.3 is 0 Å². The summed E-state index contributed by atoms with van der Waals surface area (Å²) >= 11 is 0. The smallest absolute Gasteiger partial charge is 0.258 e. The molecule has 2 heterocycles. The second kappa shape index (κ2) is 9.46. The Bertz CT molecular complexity index is 1360. The normalized spacial score (nSPS) is 15.2. The van der Waals surface area contributed by atoms with Gasteiger partial charge in [-0.25, -0.2) is 9.37 Å². The van der Waals surface area contributed by atoms with Crippen LogP contribution in [0.25, 0.3) is 11.3 Å². The summed E-state index contributed by atoms with van der Waals surface area (Å²) in [5, 5.41) is 2.79. The number of rotatable bonds is 5. The number of nitrogens with two attached hydrogens (primary N) is 2. The Morgan fingerprint density at radius 2 is 1.74 bits per heavy atom. The summed E-state index contributed by atoms with van der Waals surface area (Å²) in [6, 6.07) is 25.8. The lowest BCUT2D eigenvalue weighted by molar-refractivity contribution is 0.102. The largest absolute Gasteiger partial charge is 0.396 e. The van der Waals surface area contributed by atoms with Crippen LogP contribution in [0.2, 0.25) is 0 Å². The molecule has 1 aliphatic heterocycles. The summed E-state index contributed by atoms with van der Waals surface area (Å²) in [5.74, 6) is -0.455. The van der Waals surface area contributed by atoms with Crippen LogP contribution in [0.1, 0.15) is 28.3 Å². The van der Waals surface area contributed by atoms with E-state index in [1.54, 1.807) is 18.2 Å². The Balaban J connectivity index is 1.28. The van der Waals surface area contributed by atoms with Crippen LogP contribution >= 0.6 is 0 Å². The molecular formula is C28H26FN5O. The maximum absolute atomic E-state index is 14.5. The first-order valence-corrected chi connectivity index (χ1v) is 11.5. The molecule has 1 saturated heterocycles. The van der Waals surface area contributed by atoms with Gasteiger partial charge in [-0.1, -0.05) is 30.3 Å². The van der Waals surface area contributed by atoms with Gasteiger partial charge in [0.25, 0.3) is 5.91 Å². The predicted molar refractivity (Wildman–Crippen MR) is 139 cm³/mol. The first-order valence-electron chi connectivity index (χ1n) is 11.5. The molecule has 1 aliphatic rings. The van der Waals surface area contributed by atoms with Crippen LogP contribution in [-0.4, -0.2) is 24.0 Å². The number of halogens is 1. The molecule has 5 rings (SSSR count). The topological polar surface area (TPSA) is 97.3 Å². The van der Waals surface area contributed by atoms with E-state index >= 15 is 0 Å². The lowest BCUT2D eigenvalue weighted by atomic mass is 9.99. The highest BCUT2D eigenvalue weighted by atomic mass is 19.1. The summed E-state index contributed by atoms with van der Waals surface area (Å²) in [6.45, 7) is 1.93. The van der Waals surface area contributed by atoms with Crippen LogP contribution in [0.15, 0.2) is 84.9 Å². The van der Waals surface area contributed by atoms with Crippen LogP contribution < -0.4 is 21.7 Å². The summed E-state index contributed by atoms with van der Waals surface area (Å²) < 4.78 is 14.5. The average molecular weight is 468 g/mol. The van der Waals surface area contributed by atoms with E-state index in [0.717, 1.165) is 25.2 Å². The van der Waals surface area contributed by atoms with Gasteiger partial charge in [-0.3, -0.25) is 4.79 Å². The van der Waals surface area contributed by atoms with E-state index in [4.69, 9.17) is 11.5 Å². The molecule has 35 heavy (non-hydrogen) atoms. The summed E-state index contributed by atoms with van der Waals surface area (Å²) in [7, 11) is 0. The van der Waals surface area contributed by atoms with Crippen molar-refractivity contribution >= 4 is 28.8 Å². The molecule has 6 nitrogen and oxygen atoms in total. The molecule has 4 aromatic rings. The molecule has 3 aromatic carbocycles. The van der Waals surface area contributed by atoms with Crippen LogP contribution in [0, 0.1) is 5.82 Å². The Hall–Kier alpha value is -4.39. The van der Waals surface area contributed by atoms with Crippen LogP contribution in [0.5, 0.6) is 0 Å². The minimum atomic E-state index is -0.615. The molecular weight excluding hydrogens is 441 g/mol. The Morgan fingerprint density at radius 3 is 2.49 bits per heavy atom. The van der Waals surface area contributed by atoms with Crippen molar-refractivity contribution in [3.8, 4) is 11.3 Å². The fourth-order valence-corrected chi connectivity index (χ4v) is 4.45. The van der Waals surface area contributed by atoms with Crippen LogP contribution in [-0.2, 0) is 0 Å². The zero-order valence-electron chi connectivity index (χ0n) is 19.1. The van der Waals surface area contributed by atoms with E-state index in [1.165, 1.54) is 17.7 Å². The van der Waals surface area contributed by atoms with Crippen molar-refractivity contribution in [3.63, 3.8) is 0 Å². The number of carbonyl (C=O) groups is 1. The lowest BCUT2D eigenvalue weighted by Gasteiger charge is -2.19. The van der Waals surface area contributed by atoms with Gasteiger partial charge < -0.3 is 21.7 Å². The third-order valence-electron chi connectivity index (χ3n) is 6.41. The quantitative estimate of drug-likeness (QED) is 0.370. The maximum Gasteiger partial charge on any atom is 0.258 e. The molecule has 176 valence electrons. The van der Waals surface area contributed by atoms with Gasteiger partial charge in [0.05, 0.1) is 16.9 Å². The summed E-state index contributed by atoms with van der Waals surface area (Å²) in [6.07, 6.45) is 1.10. The average Bonchev–Trinajstić information content (AvgIpc) is 3.37. The van der Waals surface area contributed by atoms with Gasteiger partial charge in [-0.2, -0.15) is 0 Å². The molecule has 0 bridgehead atoms. The number of nitrogens with one attached hydrogen (secondary N) is 1. The standard InChI is InChI=1S/C28H26FN5O/c29-24-11-6-19(26-13-12-25(30)27(31)33-26)16-23(24)28(35)32-21-7-9-22(10-8-21)34-15-14-20(17-34)18-4-2-1-3-5-18/h1-13,16,20H,14-15,17,30H2,(H2,31,33)(H,32,35). The zero-order chi connectivity index (χ0) is 24.4. The molecule has 0 spiro atoms. The molecule has 7 heteroatoms. The second-order valence-corrected chi connectivity index (χ2v) is 8.71. The number of nitrogen functional groups attached to an aromatic ring is 2. The minimum Gasteiger partial charge on any atom is -0.396 e. The van der Waals surface area contributed by atoms with Crippen LogP contribution in [0.4, 0.5) is 27.3 Å². The number of benzene rings is 3. The first-order chi connectivity index (χ1) is 17.0. The monoisotopic (exact) mass is 467 g/mol. The summed E-state index contributed by atoms with van der Waals surface area (Å²) in [5.41, 5.74) is 15.9. The Morgan fingerprint density at radius 1 is 0.971 bits per heavy atom. The van der Waals surface area contributed by atoms with Gasteiger partial charge in [0.1, 0.15) is 11.6 Å². The van der Waals surface area contributed by atoms with Gasteiger partial charge in [0.2, 0.25) is 0 Å². The number of amides is 1. The van der Waals surface area contributed by atoms with E-state index in [-0.39, 0.29) is 11.4 Å². The van der Waals surface area contributed by atoms with Crippen molar-refractivity contribution in [3.05, 3.63) is 102 Å². The molecule has 0 saturated carbocycles. The number of nitrogens with zero attached hydrogens (tertiary/aromatic N) is 2. The Labute approximate surface area is 203 Å². The number of pyridine rings is 1. The predicted octanol–water partition coefficient (Wildman–Crippen LogP) is 5.30. The third kappa shape index (κ3) is 4.80. The van der Waals surface area contributed by atoms with Gasteiger partial charge in [0, 0.05) is 35.9 Å². The zero-order valence-corrected chi connectivity index (χ0v) is 19.1. The highest BCUT2D eigenvalue weighted by Crippen LogP contribution is 2.31. The number of aromatic nitrogens is 1. The van der Waals surface area contributed by atoms with Crippen molar-refractivity contribution in [2.45, 2.75) is 12.3 Å². The van der Waals surface area contributed by atoms with Crippen molar-refractivity contribution in [1.82, 2.24) is 4.98 Å². The molecule has 1 unspecified atom stereocenters. The number of carbonyl (C=O) groups excluding carboxylic acids is 1. The van der Waals surface area contributed by atoms with Crippen LogP contribution in [0.3, 0.4) is 0 Å². The molecule has 1 aromatic heterocycles. The first kappa shape index (κ1) is 22.4. The second-order valence-electron chi connectivity index (χ2n) is 8.71. The number of hydrogen-bond acceptors (Lipinski definition) is 5. The Kier molecular flexibility index (Phi) is 6.06. The van der Waals surface area contributed by atoms with Gasteiger partial charge in [0.15, 0.2) is 0 Å². The van der Waals surface area contributed by atoms with Gasteiger partial charge in [-0.05, 0) is 66.6 Å². The fourth-order valence-electron chi connectivity index (χ4n) is 4.45. The van der Waals surface area contributed by atoms with Crippen molar-refractivity contribution in [2.75, 3.05) is 34.8 Å². The van der Waals surface area contributed by atoms with E-state index in [9.17, 15) is 9.18 Å². The molecule has 1 amide bonds. The van der Waals surface area contributed by atoms with E-state index in [0.29, 0.717) is 28.6 Å². The van der Waals surface area contributed by atoms with Crippen molar-refractivity contribution in [2.24, 2.45) is 0 Å². The van der Waals surface area contributed by atoms with E-state index in [1.807, 2.05) is 30.3 Å². The van der Waals surface area contributed by atoms with Crippen molar-refractivity contribution < 1.29 is 9.18 Å². The highest BCUT2D eigenvalue weighted by molar-refractivity contribution is 6.05. The molecule has 1 atom stereocenters. The molecule has 1 fully saturated rings. The molecule has 0 aliphatic carbocycles. The van der Waals surface area contributed by atoms with Gasteiger partial charge in [-0.15, -0.1) is 0 Å². The fraction of sp³-hybridized carbons (Fsp3) is 0.143. The number of hydrogen-bond donors (Lipinski definition) is 3. The summed E-state index contributed by atoms with van der Waals surface area (Å²) in [4.78, 5) is 19.4. The van der Waals surface area contributed by atoms with E-state index in [2.05, 4.69) is 39.5 Å². The van der Waals surface area contributed by atoms with Crippen molar-refractivity contribution in [1.29, 1.82) is 0 Å². The molecule has 0 radical (unpaired) electrons. The minimum absolute atomic E-state index is 0.0750. The highest BCUT2D eigenvalue weighted by Gasteiger charge is 2.24. The molecule has 5 N–H and O–H groups in total. The number of anilines is 4. The van der Waals surface area contributed by atoms with E-state index < -0.39 is 11.7 Å². The SMILES string of the molecule is Nc1ccc(-c2ccc(F)c(C(=O)Nc3ccc(N4CCC(c5ccccc5)C4)cc3)c2)nc1N. The lowest BCUT2D eigenvalue weighted by Crippen LogP contribution is -2.19. The maximum atomic E-state index is 14.5. The third-order valence-corrected chi connectivity index (χ3v) is 6.41.